The molecule has 0 saturated heterocycles. The van der Waals surface area contributed by atoms with Crippen LogP contribution in [0.15, 0.2) is 0 Å². The fourth-order valence-electron chi connectivity index (χ4n) is 5.14. The topological polar surface area (TPSA) is 169 Å². The van der Waals surface area contributed by atoms with Gasteiger partial charge in [-0.25, -0.2) is 0 Å². The molecule has 0 aromatic carbocycles. The molecule has 0 aromatic heterocycles. The van der Waals surface area contributed by atoms with Gasteiger partial charge in [-0.15, -0.1) is 0 Å². The minimum atomic E-state index is -0.940. The van der Waals surface area contributed by atoms with E-state index in [-0.39, 0.29) is 30.7 Å². The minimum Gasteiger partial charge on any atom is -0.347 e. The number of nitrogens with zero attached hydrogens (tertiary/aromatic N) is 2. The monoisotopic (exact) mass is 609 g/mol. The van der Waals surface area contributed by atoms with Crippen LogP contribution in [0.3, 0.4) is 0 Å². The second kappa shape index (κ2) is 20.0. The molecule has 0 heterocycles. The van der Waals surface area contributed by atoms with Crippen molar-refractivity contribution < 1.29 is 28.8 Å². The molecule has 2 atom stereocenters. The summed E-state index contributed by atoms with van der Waals surface area (Å²) in [6.07, 6.45) is 5.31. The summed E-state index contributed by atoms with van der Waals surface area (Å²) < 4.78 is 0. The lowest BCUT2D eigenvalue weighted by atomic mass is 9.85. The summed E-state index contributed by atoms with van der Waals surface area (Å²) >= 11 is 0. The fourth-order valence-corrected chi connectivity index (χ4v) is 5.14. The van der Waals surface area contributed by atoms with Gasteiger partial charge in [0.15, 0.2) is 0 Å². The normalized spacial score (nSPS) is 18.1. The molecule has 5 N–H and O–H groups in total. The molecule has 43 heavy (non-hydrogen) atoms. The standard InChI is InChI=1S/C30H55N7O6/c1-8-37(20(2)3)16-10-9-11-25(30(43)31-17-21(4)38)35-27(40)19-32-28(41)22(5)34-26(39)18-33-29(42)23-12-14-24(15-13-23)36(6)7/h20,22-25H,8-19H2,1-7H3,(H,31,43)(H,32,41)(H,33,42)(H,34,39)(H,35,40)/t22-,23?,24?,25-/m0/s1. The SMILES string of the molecule is CCN(CCCC[C@H](NC(=O)CNC(=O)[C@H](C)NC(=O)CNC(=O)C1CCC(N(C)C)CC1)C(=O)NCC(C)=O)C(C)C. The van der Waals surface area contributed by atoms with E-state index in [4.69, 9.17) is 0 Å². The molecule has 1 aliphatic rings. The van der Waals surface area contributed by atoms with Crippen LogP contribution in [-0.2, 0) is 28.8 Å². The Balaban J connectivity index is 2.48. The predicted octanol–water partition coefficient (Wildman–Crippen LogP) is -0.0655. The van der Waals surface area contributed by atoms with Gasteiger partial charge in [0.2, 0.25) is 29.5 Å². The highest BCUT2D eigenvalue weighted by Crippen LogP contribution is 2.26. The van der Waals surface area contributed by atoms with E-state index < -0.39 is 42.3 Å². The first-order chi connectivity index (χ1) is 20.2. The van der Waals surface area contributed by atoms with Crippen LogP contribution in [-0.4, -0.2) is 116 Å². The van der Waals surface area contributed by atoms with Crippen LogP contribution >= 0.6 is 0 Å². The van der Waals surface area contributed by atoms with Gasteiger partial charge in [0.1, 0.15) is 17.9 Å². The Morgan fingerprint density at radius 1 is 0.767 bits per heavy atom. The van der Waals surface area contributed by atoms with E-state index in [1.807, 2.05) is 14.1 Å². The van der Waals surface area contributed by atoms with Gasteiger partial charge < -0.3 is 36.4 Å². The van der Waals surface area contributed by atoms with Gasteiger partial charge >= 0.3 is 0 Å². The number of ketones is 1. The van der Waals surface area contributed by atoms with E-state index in [2.05, 4.69) is 57.2 Å². The van der Waals surface area contributed by atoms with Crippen LogP contribution in [0.2, 0.25) is 0 Å². The van der Waals surface area contributed by atoms with Crippen molar-refractivity contribution in [2.75, 3.05) is 46.8 Å². The number of hydrogen-bond donors (Lipinski definition) is 5. The van der Waals surface area contributed by atoms with E-state index >= 15 is 0 Å². The summed E-state index contributed by atoms with van der Waals surface area (Å²) in [5.74, 6) is -2.60. The predicted molar refractivity (Wildman–Crippen MR) is 165 cm³/mol. The first-order valence-corrected chi connectivity index (χ1v) is 15.6. The molecule has 0 spiro atoms. The van der Waals surface area contributed by atoms with Crippen LogP contribution in [0.25, 0.3) is 0 Å². The Hall–Kier alpha value is -3.06. The van der Waals surface area contributed by atoms with Crippen molar-refractivity contribution in [1.82, 2.24) is 36.4 Å². The first kappa shape index (κ1) is 38.0. The fraction of sp³-hybridized carbons (Fsp3) is 0.800. The summed E-state index contributed by atoms with van der Waals surface area (Å²) in [4.78, 5) is 78.3. The molecule has 1 fully saturated rings. The van der Waals surface area contributed by atoms with Crippen LogP contribution in [0.4, 0.5) is 0 Å². The van der Waals surface area contributed by atoms with Gasteiger partial charge in [-0.2, -0.15) is 0 Å². The van der Waals surface area contributed by atoms with Gasteiger partial charge in [0.05, 0.1) is 19.6 Å². The lowest BCUT2D eigenvalue weighted by Gasteiger charge is -2.31. The maximum atomic E-state index is 12.6. The zero-order valence-electron chi connectivity index (χ0n) is 27.2. The van der Waals surface area contributed by atoms with Gasteiger partial charge in [-0.05, 0) is 99.8 Å². The maximum absolute atomic E-state index is 12.6. The minimum absolute atomic E-state index is 0.123. The second-order valence-corrected chi connectivity index (χ2v) is 12.0. The molecule has 0 bridgehead atoms. The van der Waals surface area contributed by atoms with E-state index in [0.29, 0.717) is 24.9 Å². The van der Waals surface area contributed by atoms with Crippen molar-refractivity contribution in [2.24, 2.45) is 5.92 Å². The molecule has 0 aliphatic heterocycles. The first-order valence-electron chi connectivity index (χ1n) is 15.6. The number of hydrogen-bond acceptors (Lipinski definition) is 8. The molecule has 1 rings (SSSR count). The molecule has 13 nitrogen and oxygen atoms in total. The summed E-state index contributed by atoms with van der Waals surface area (Å²) in [7, 11) is 4.06. The number of unbranched alkanes of at least 4 members (excludes halogenated alkanes) is 1. The Bertz CT molecular complexity index is 934. The van der Waals surface area contributed by atoms with Crippen molar-refractivity contribution in [1.29, 1.82) is 0 Å². The summed E-state index contributed by atoms with van der Waals surface area (Å²) in [5, 5.41) is 12.8. The summed E-state index contributed by atoms with van der Waals surface area (Å²) in [5.41, 5.74) is 0. The molecule has 0 unspecified atom stereocenters. The summed E-state index contributed by atoms with van der Waals surface area (Å²) in [6, 6.07) is -0.913. The average Bonchev–Trinajstić information content (AvgIpc) is 2.96. The summed E-state index contributed by atoms with van der Waals surface area (Å²) in [6.45, 7) is 10.2. The Morgan fingerprint density at radius 2 is 1.35 bits per heavy atom. The zero-order chi connectivity index (χ0) is 32.5. The number of amides is 5. The zero-order valence-corrected chi connectivity index (χ0v) is 27.2. The molecular formula is C30H55N7O6. The molecule has 246 valence electrons. The third-order valence-electron chi connectivity index (χ3n) is 7.90. The third kappa shape index (κ3) is 15.3. The highest BCUT2D eigenvalue weighted by Gasteiger charge is 2.28. The highest BCUT2D eigenvalue weighted by molar-refractivity contribution is 5.94. The lowest BCUT2D eigenvalue weighted by molar-refractivity contribution is -0.132. The van der Waals surface area contributed by atoms with Crippen molar-refractivity contribution in [3.63, 3.8) is 0 Å². The van der Waals surface area contributed by atoms with Crippen molar-refractivity contribution in [3.8, 4) is 0 Å². The van der Waals surface area contributed by atoms with E-state index in [1.54, 1.807) is 0 Å². The van der Waals surface area contributed by atoms with E-state index in [1.165, 1.54) is 13.8 Å². The smallest absolute Gasteiger partial charge is 0.242 e. The van der Waals surface area contributed by atoms with Crippen molar-refractivity contribution in [3.05, 3.63) is 0 Å². The molecule has 5 amide bonds. The average molecular weight is 610 g/mol. The van der Waals surface area contributed by atoms with Crippen LogP contribution in [0, 0.1) is 5.92 Å². The Kier molecular flexibility index (Phi) is 17.7. The van der Waals surface area contributed by atoms with Crippen molar-refractivity contribution in [2.45, 2.75) is 104 Å². The van der Waals surface area contributed by atoms with Gasteiger partial charge in [0.25, 0.3) is 0 Å². The van der Waals surface area contributed by atoms with Gasteiger partial charge in [0, 0.05) is 18.0 Å². The van der Waals surface area contributed by atoms with Crippen LogP contribution in [0.1, 0.15) is 79.6 Å². The number of Topliss-reactive ketones (excluding diaryl/α,β-unsaturated/α-hetero) is 1. The number of nitrogens with one attached hydrogen (secondary N) is 5. The number of rotatable bonds is 19. The van der Waals surface area contributed by atoms with Gasteiger partial charge in [-0.3, -0.25) is 28.8 Å². The van der Waals surface area contributed by atoms with E-state index in [9.17, 15) is 28.8 Å². The Labute approximate surface area is 257 Å². The molecule has 0 radical (unpaired) electrons. The van der Waals surface area contributed by atoms with Crippen LogP contribution in [0.5, 0.6) is 0 Å². The molecule has 13 heteroatoms. The molecule has 1 saturated carbocycles. The van der Waals surface area contributed by atoms with Gasteiger partial charge in [-0.1, -0.05) is 6.92 Å². The lowest BCUT2D eigenvalue weighted by Crippen LogP contribution is -2.52. The highest BCUT2D eigenvalue weighted by atomic mass is 16.2. The van der Waals surface area contributed by atoms with E-state index in [0.717, 1.165) is 45.2 Å². The second-order valence-electron chi connectivity index (χ2n) is 12.0. The van der Waals surface area contributed by atoms with Crippen molar-refractivity contribution >= 4 is 35.3 Å². The quantitative estimate of drug-likeness (QED) is 0.127. The molecule has 0 aromatic rings. The largest absolute Gasteiger partial charge is 0.347 e. The number of carbonyl (C=O) groups excluding carboxylic acids is 6. The number of carbonyl (C=O) groups is 6. The maximum Gasteiger partial charge on any atom is 0.242 e. The third-order valence-corrected chi connectivity index (χ3v) is 7.90. The van der Waals surface area contributed by atoms with Crippen LogP contribution < -0.4 is 26.6 Å². The molecular weight excluding hydrogens is 554 g/mol. The molecule has 1 aliphatic carbocycles. The Morgan fingerprint density at radius 3 is 1.91 bits per heavy atom.